The fraction of sp³-hybridized carbons (Fsp3) is 1.00. The zero-order chi connectivity index (χ0) is 10.7. The maximum Gasteiger partial charge on any atom is 0.0613 e. The Kier molecular flexibility index (Phi) is 3.61. The van der Waals surface area contributed by atoms with Gasteiger partial charge in [-0.3, -0.25) is 4.90 Å². The Morgan fingerprint density at radius 2 is 1.87 bits per heavy atom. The van der Waals surface area contributed by atoms with Crippen LogP contribution in [-0.4, -0.2) is 73.4 Å². The van der Waals surface area contributed by atoms with Crippen LogP contribution in [0.2, 0.25) is 0 Å². The summed E-state index contributed by atoms with van der Waals surface area (Å²) in [6, 6.07) is 0. The standard InChI is InChI=1S/C11H23N3O/c1-13-6-8-14(9-7-13)5-4-12-11(10-15)2-3-11/h12,15H,2-10H2,1H3. The molecule has 0 amide bonds. The van der Waals surface area contributed by atoms with E-state index in [2.05, 4.69) is 22.2 Å². The van der Waals surface area contributed by atoms with Gasteiger partial charge in [-0.1, -0.05) is 0 Å². The monoisotopic (exact) mass is 213 g/mol. The van der Waals surface area contributed by atoms with E-state index in [1.165, 1.54) is 26.2 Å². The molecule has 1 heterocycles. The lowest BCUT2D eigenvalue weighted by Crippen LogP contribution is -2.48. The summed E-state index contributed by atoms with van der Waals surface area (Å²) < 4.78 is 0. The van der Waals surface area contributed by atoms with Crippen LogP contribution >= 0.6 is 0 Å². The molecule has 2 rings (SSSR count). The Morgan fingerprint density at radius 1 is 1.20 bits per heavy atom. The molecule has 2 N–H and O–H groups in total. The zero-order valence-corrected chi connectivity index (χ0v) is 9.71. The Morgan fingerprint density at radius 3 is 2.40 bits per heavy atom. The number of nitrogens with zero attached hydrogens (tertiary/aromatic N) is 2. The molecular weight excluding hydrogens is 190 g/mol. The molecule has 0 atom stereocenters. The first-order chi connectivity index (χ1) is 7.24. The lowest BCUT2D eigenvalue weighted by molar-refractivity contribution is 0.150. The van der Waals surface area contributed by atoms with Crippen molar-refractivity contribution in [1.82, 2.24) is 15.1 Å². The maximum atomic E-state index is 9.15. The molecule has 1 aliphatic carbocycles. The van der Waals surface area contributed by atoms with E-state index in [4.69, 9.17) is 5.11 Å². The number of hydrogen-bond acceptors (Lipinski definition) is 4. The maximum absolute atomic E-state index is 9.15. The lowest BCUT2D eigenvalue weighted by Gasteiger charge is -2.32. The molecule has 2 fully saturated rings. The number of piperazine rings is 1. The smallest absolute Gasteiger partial charge is 0.0613 e. The van der Waals surface area contributed by atoms with Gasteiger partial charge in [0.25, 0.3) is 0 Å². The van der Waals surface area contributed by atoms with Crippen molar-refractivity contribution in [2.45, 2.75) is 18.4 Å². The molecule has 1 saturated heterocycles. The van der Waals surface area contributed by atoms with Crippen LogP contribution in [0.25, 0.3) is 0 Å². The van der Waals surface area contributed by atoms with Gasteiger partial charge in [0.2, 0.25) is 0 Å². The molecule has 88 valence electrons. The van der Waals surface area contributed by atoms with Gasteiger partial charge in [-0.2, -0.15) is 0 Å². The molecule has 1 saturated carbocycles. The normalized spacial score (nSPS) is 26.8. The lowest BCUT2D eigenvalue weighted by atomic mass is 10.3. The third-order valence-electron chi connectivity index (χ3n) is 3.68. The number of nitrogens with one attached hydrogen (secondary N) is 1. The summed E-state index contributed by atoms with van der Waals surface area (Å²) in [4.78, 5) is 4.88. The number of hydrogen-bond donors (Lipinski definition) is 2. The highest BCUT2D eigenvalue weighted by Gasteiger charge is 2.41. The molecule has 4 nitrogen and oxygen atoms in total. The average molecular weight is 213 g/mol. The minimum Gasteiger partial charge on any atom is -0.394 e. The molecule has 15 heavy (non-hydrogen) atoms. The van der Waals surface area contributed by atoms with Gasteiger partial charge in [0.15, 0.2) is 0 Å². The molecule has 2 aliphatic rings. The van der Waals surface area contributed by atoms with E-state index in [1.807, 2.05) is 0 Å². The third kappa shape index (κ3) is 3.14. The third-order valence-corrected chi connectivity index (χ3v) is 3.68. The average Bonchev–Trinajstić information content (AvgIpc) is 3.02. The van der Waals surface area contributed by atoms with Crippen molar-refractivity contribution in [1.29, 1.82) is 0 Å². The van der Waals surface area contributed by atoms with Gasteiger partial charge in [0, 0.05) is 44.8 Å². The summed E-state index contributed by atoms with van der Waals surface area (Å²) in [6.45, 7) is 7.18. The number of aliphatic hydroxyl groups is 1. The van der Waals surface area contributed by atoms with Gasteiger partial charge in [-0.25, -0.2) is 0 Å². The van der Waals surface area contributed by atoms with E-state index < -0.39 is 0 Å². The largest absolute Gasteiger partial charge is 0.394 e. The minimum atomic E-state index is 0.104. The Labute approximate surface area is 92.2 Å². The fourth-order valence-corrected chi connectivity index (χ4v) is 2.09. The molecule has 0 aromatic heterocycles. The molecule has 0 aromatic rings. The second kappa shape index (κ2) is 4.78. The summed E-state index contributed by atoms with van der Waals surface area (Å²) >= 11 is 0. The van der Waals surface area contributed by atoms with Crippen LogP contribution in [0.3, 0.4) is 0 Å². The van der Waals surface area contributed by atoms with Crippen molar-refractivity contribution < 1.29 is 5.11 Å². The summed E-state index contributed by atoms with van der Waals surface area (Å²) in [7, 11) is 2.18. The second-order valence-corrected chi connectivity index (χ2v) is 5.01. The van der Waals surface area contributed by atoms with Crippen LogP contribution < -0.4 is 5.32 Å². The van der Waals surface area contributed by atoms with Crippen molar-refractivity contribution in [2.24, 2.45) is 0 Å². The molecule has 0 radical (unpaired) electrons. The molecule has 0 spiro atoms. The second-order valence-electron chi connectivity index (χ2n) is 5.01. The highest BCUT2D eigenvalue weighted by atomic mass is 16.3. The summed E-state index contributed by atoms with van der Waals surface area (Å²) in [5.41, 5.74) is 0.104. The van der Waals surface area contributed by atoms with Crippen LogP contribution in [0, 0.1) is 0 Å². The van der Waals surface area contributed by atoms with E-state index in [1.54, 1.807) is 0 Å². The van der Waals surface area contributed by atoms with Gasteiger partial charge in [-0.05, 0) is 19.9 Å². The summed E-state index contributed by atoms with van der Waals surface area (Å²) in [6.07, 6.45) is 2.29. The summed E-state index contributed by atoms with van der Waals surface area (Å²) in [5, 5.41) is 12.6. The quantitative estimate of drug-likeness (QED) is 0.636. The first kappa shape index (κ1) is 11.3. The van der Waals surface area contributed by atoms with E-state index >= 15 is 0 Å². The first-order valence-electron chi connectivity index (χ1n) is 6.01. The van der Waals surface area contributed by atoms with Gasteiger partial charge in [0.1, 0.15) is 0 Å². The molecular formula is C11H23N3O. The van der Waals surface area contributed by atoms with Crippen molar-refractivity contribution >= 4 is 0 Å². The first-order valence-corrected chi connectivity index (χ1v) is 6.01. The minimum absolute atomic E-state index is 0.104. The Hall–Kier alpha value is -0.160. The van der Waals surface area contributed by atoms with Gasteiger partial charge in [0.05, 0.1) is 6.61 Å². The molecule has 0 unspecified atom stereocenters. The Bertz CT molecular complexity index is 198. The number of likely N-dealkylation sites (N-methyl/N-ethyl adjacent to an activating group) is 1. The molecule has 0 aromatic carbocycles. The van der Waals surface area contributed by atoms with Crippen LogP contribution in [0.4, 0.5) is 0 Å². The topological polar surface area (TPSA) is 38.7 Å². The van der Waals surface area contributed by atoms with E-state index in [9.17, 15) is 0 Å². The molecule has 4 heteroatoms. The Balaban J connectivity index is 1.58. The van der Waals surface area contributed by atoms with E-state index in [-0.39, 0.29) is 5.54 Å². The molecule has 1 aliphatic heterocycles. The van der Waals surface area contributed by atoms with Crippen LogP contribution in [0.15, 0.2) is 0 Å². The predicted octanol–water partition coefficient (Wildman–Crippen LogP) is -0.652. The number of aliphatic hydroxyl groups excluding tert-OH is 1. The van der Waals surface area contributed by atoms with Gasteiger partial charge < -0.3 is 15.3 Å². The number of rotatable bonds is 5. The van der Waals surface area contributed by atoms with Crippen LogP contribution in [0.5, 0.6) is 0 Å². The SMILES string of the molecule is CN1CCN(CCNC2(CO)CC2)CC1. The van der Waals surface area contributed by atoms with Crippen molar-refractivity contribution in [3.8, 4) is 0 Å². The van der Waals surface area contributed by atoms with Crippen LogP contribution in [-0.2, 0) is 0 Å². The highest BCUT2D eigenvalue weighted by molar-refractivity contribution is 5.01. The van der Waals surface area contributed by atoms with Crippen LogP contribution in [0.1, 0.15) is 12.8 Å². The van der Waals surface area contributed by atoms with Gasteiger partial charge in [-0.15, -0.1) is 0 Å². The summed E-state index contributed by atoms with van der Waals surface area (Å²) in [5.74, 6) is 0. The van der Waals surface area contributed by atoms with E-state index in [0.29, 0.717) is 6.61 Å². The highest BCUT2D eigenvalue weighted by Crippen LogP contribution is 2.34. The predicted molar refractivity (Wildman–Crippen MR) is 61.0 cm³/mol. The van der Waals surface area contributed by atoms with Gasteiger partial charge >= 0.3 is 0 Å². The zero-order valence-electron chi connectivity index (χ0n) is 9.71. The van der Waals surface area contributed by atoms with E-state index in [0.717, 1.165) is 25.9 Å². The fourth-order valence-electron chi connectivity index (χ4n) is 2.09. The van der Waals surface area contributed by atoms with Crippen molar-refractivity contribution in [3.63, 3.8) is 0 Å². The van der Waals surface area contributed by atoms with Crippen molar-refractivity contribution in [2.75, 3.05) is 52.9 Å². The van der Waals surface area contributed by atoms with Crippen molar-refractivity contribution in [3.05, 3.63) is 0 Å². The molecule has 0 bridgehead atoms.